The molecule has 0 bridgehead atoms. The van der Waals surface area contributed by atoms with Crippen molar-refractivity contribution in [2.75, 3.05) is 5.32 Å². The normalized spacial score (nSPS) is 14.1. The van der Waals surface area contributed by atoms with E-state index < -0.39 is 0 Å². The highest BCUT2D eigenvalue weighted by Gasteiger charge is 2.23. The summed E-state index contributed by atoms with van der Waals surface area (Å²) in [5.74, 6) is 0.0145. The van der Waals surface area contributed by atoms with Crippen molar-refractivity contribution in [3.8, 4) is 0 Å². The van der Waals surface area contributed by atoms with Gasteiger partial charge >= 0.3 is 0 Å². The highest BCUT2D eigenvalue weighted by Crippen LogP contribution is 2.20. The van der Waals surface area contributed by atoms with Crippen LogP contribution in [0.25, 0.3) is 0 Å². The molecule has 1 amide bonds. The van der Waals surface area contributed by atoms with Crippen molar-refractivity contribution in [2.45, 2.75) is 32.4 Å². The Balaban J connectivity index is 1.62. The molecule has 1 aliphatic carbocycles. The highest BCUT2D eigenvalue weighted by molar-refractivity contribution is 7.09. The molecule has 104 valence electrons. The lowest BCUT2D eigenvalue weighted by atomic mass is 10.2. The molecule has 0 spiro atoms. The highest BCUT2D eigenvalue weighted by atomic mass is 32.1. The van der Waals surface area contributed by atoms with Gasteiger partial charge in [0.2, 0.25) is 0 Å². The minimum absolute atomic E-state index is 0.0145. The minimum Gasteiger partial charge on any atom is -0.379 e. The second-order valence-corrected chi connectivity index (χ2v) is 6.10. The molecule has 2 N–H and O–H groups in total. The van der Waals surface area contributed by atoms with Crippen LogP contribution in [0.15, 0.2) is 29.6 Å². The number of aromatic nitrogens is 1. The van der Waals surface area contributed by atoms with E-state index in [9.17, 15) is 4.79 Å². The Labute approximate surface area is 122 Å². The number of hydrogen-bond acceptors (Lipinski definition) is 4. The molecule has 3 rings (SSSR count). The summed E-state index contributed by atoms with van der Waals surface area (Å²) in [6.07, 6.45) is 2.21. The predicted molar refractivity (Wildman–Crippen MR) is 81.1 cm³/mol. The first-order chi connectivity index (χ1) is 9.70. The van der Waals surface area contributed by atoms with Crippen molar-refractivity contribution in [3.63, 3.8) is 0 Å². The molecule has 2 aromatic rings. The van der Waals surface area contributed by atoms with Crippen LogP contribution >= 0.6 is 11.3 Å². The maximum absolute atomic E-state index is 12.0. The quantitative estimate of drug-likeness (QED) is 0.889. The van der Waals surface area contributed by atoms with E-state index in [1.54, 1.807) is 11.3 Å². The number of carbonyl (C=O) groups is 1. The zero-order chi connectivity index (χ0) is 13.9. The number of thiazole rings is 1. The molecule has 4 nitrogen and oxygen atoms in total. The number of anilines is 1. The average molecular weight is 287 g/mol. The summed E-state index contributed by atoms with van der Waals surface area (Å²) >= 11 is 1.65. The van der Waals surface area contributed by atoms with Crippen molar-refractivity contribution in [2.24, 2.45) is 0 Å². The van der Waals surface area contributed by atoms with Gasteiger partial charge in [-0.05, 0) is 38.0 Å². The van der Waals surface area contributed by atoms with E-state index in [1.165, 1.54) is 0 Å². The third-order valence-electron chi connectivity index (χ3n) is 3.18. The lowest BCUT2D eigenvalue weighted by Crippen LogP contribution is -2.25. The summed E-state index contributed by atoms with van der Waals surface area (Å²) in [6, 6.07) is 7.98. The van der Waals surface area contributed by atoms with Gasteiger partial charge in [-0.1, -0.05) is 6.07 Å². The molecule has 1 saturated carbocycles. The third kappa shape index (κ3) is 3.36. The molecule has 0 saturated heterocycles. The molecule has 0 atom stereocenters. The summed E-state index contributed by atoms with van der Waals surface area (Å²) in [6.45, 7) is 2.68. The van der Waals surface area contributed by atoms with E-state index in [4.69, 9.17) is 0 Å². The van der Waals surface area contributed by atoms with Gasteiger partial charge in [0.1, 0.15) is 0 Å². The number of hydrogen-bond donors (Lipinski definition) is 2. The molecular formula is C15H17N3OS. The van der Waals surface area contributed by atoms with Crippen LogP contribution in [0.4, 0.5) is 5.69 Å². The van der Waals surface area contributed by atoms with Crippen molar-refractivity contribution < 1.29 is 4.79 Å². The van der Waals surface area contributed by atoms with Crippen molar-refractivity contribution in [1.82, 2.24) is 10.3 Å². The molecule has 5 heteroatoms. The van der Waals surface area contributed by atoms with Gasteiger partial charge in [0.15, 0.2) is 0 Å². The van der Waals surface area contributed by atoms with Crippen molar-refractivity contribution >= 4 is 22.9 Å². The number of nitrogens with one attached hydrogen (secondary N) is 2. The summed E-state index contributed by atoms with van der Waals surface area (Å²) < 4.78 is 0. The van der Waals surface area contributed by atoms with Gasteiger partial charge in [-0.3, -0.25) is 4.79 Å². The number of rotatable bonds is 5. The largest absolute Gasteiger partial charge is 0.379 e. The molecule has 0 radical (unpaired) electrons. The fourth-order valence-electron chi connectivity index (χ4n) is 1.95. The predicted octanol–water partition coefficient (Wildman–Crippen LogP) is 2.96. The molecule has 1 aromatic carbocycles. The van der Waals surface area contributed by atoms with E-state index in [0.717, 1.165) is 29.2 Å². The topological polar surface area (TPSA) is 54.0 Å². The number of nitrogens with zero attached hydrogens (tertiary/aromatic N) is 1. The Kier molecular flexibility index (Phi) is 3.69. The molecular weight excluding hydrogens is 270 g/mol. The minimum atomic E-state index is 0.0145. The number of carbonyl (C=O) groups excluding carboxylic acids is 1. The van der Waals surface area contributed by atoms with E-state index in [0.29, 0.717) is 18.2 Å². The van der Waals surface area contributed by atoms with Crippen LogP contribution in [-0.4, -0.2) is 16.9 Å². The first-order valence-electron chi connectivity index (χ1n) is 6.76. The van der Waals surface area contributed by atoms with Crippen molar-refractivity contribution in [3.05, 3.63) is 45.9 Å². The standard InChI is InChI=1S/C15H17N3OS/c1-10-17-14(9-20-10)8-16-13-4-2-3-11(7-13)15(19)18-12-5-6-12/h2-4,7,9,12,16H,5-6,8H2,1H3,(H,18,19). The first kappa shape index (κ1) is 13.1. The maximum atomic E-state index is 12.0. The van der Waals surface area contributed by atoms with Gasteiger partial charge < -0.3 is 10.6 Å². The van der Waals surface area contributed by atoms with Gasteiger partial charge in [-0.2, -0.15) is 0 Å². The molecule has 1 aliphatic rings. The van der Waals surface area contributed by atoms with Crippen molar-refractivity contribution in [1.29, 1.82) is 0 Å². The fourth-order valence-corrected chi connectivity index (χ4v) is 2.56. The van der Waals surface area contributed by atoms with Crippen LogP contribution in [0.3, 0.4) is 0 Å². The van der Waals surface area contributed by atoms with E-state index >= 15 is 0 Å². The van der Waals surface area contributed by atoms with Gasteiger partial charge in [-0.25, -0.2) is 4.98 Å². The van der Waals surface area contributed by atoms with E-state index in [-0.39, 0.29) is 5.91 Å². The smallest absolute Gasteiger partial charge is 0.251 e. The van der Waals surface area contributed by atoms with Crippen LogP contribution in [0.2, 0.25) is 0 Å². The number of benzene rings is 1. The average Bonchev–Trinajstić information content (AvgIpc) is 3.17. The number of aryl methyl sites for hydroxylation is 1. The zero-order valence-electron chi connectivity index (χ0n) is 11.3. The van der Waals surface area contributed by atoms with Crippen LogP contribution in [0, 0.1) is 6.92 Å². The van der Waals surface area contributed by atoms with Gasteiger partial charge in [0.25, 0.3) is 5.91 Å². The Morgan fingerprint density at radius 1 is 1.45 bits per heavy atom. The van der Waals surface area contributed by atoms with Crippen LogP contribution in [0.1, 0.15) is 33.9 Å². The molecule has 20 heavy (non-hydrogen) atoms. The first-order valence-corrected chi connectivity index (χ1v) is 7.64. The maximum Gasteiger partial charge on any atom is 0.251 e. The summed E-state index contributed by atoms with van der Waals surface area (Å²) in [4.78, 5) is 16.4. The van der Waals surface area contributed by atoms with E-state index in [1.807, 2.05) is 36.6 Å². The molecule has 1 aromatic heterocycles. The molecule has 0 unspecified atom stereocenters. The van der Waals surface area contributed by atoms with Crippen LogP contribution in [0.5, 0.6) is 0 Å². The van der Waals surface area contributed by atoms with Crippen LogP contribution < -0.4 is 10.6 Å². The Morgan fingerprint density at radius 3 is 3.00 bits per heavy atom. The third-order valence-corrected chi connectivity index (χ3v) is 4.00. The monoisotopic (exact) mass is 287 g/mol. The Morgan fingerprint density at radius 2 is 2.30 bits per heavy atom. The van der Waals surface area contributed by atoms with Crippen LogP contribution in [-0.2, 0) is 6.54 Å². The summed E-state index contributed by atoms with van der Waals surface area (Å²) in [5, 5.41) is 9.42. The molecule has 0 aliphatic heterocycles. The van der Waals surface area contributed by atoms with Gasteiger partial charge in [0.05, 0.1) is 17.2 Å². The lowest BCUT2D eigenvalue weighted by Gasteiger charge is -2.07. The SMILES string of the molecule is Cc1nc(CNc2cccc(C(=O)NC3CC3)c2)cs1. The fraction of sp³-hybridized carbons (Fsp3) is 0.333. The second-order valence-electron chi connectivity index (χ2n) is 5.04. The van der Waals surface area contributed by atoms with E-state index in [2.05, 4.69) is 15.6 Å². The zero-order valence-corrected chi connectivity index (χ0v) is 12.2. The second kappa shape index (κ2) is 5.63. The molecule has 1 fully saturated rings. The van der Waals surface area contributed by atoms with Gasteiger partial charge in [0, 0.05) is 22.7 Å². The van der Waals surface area contributed by atoms with Gasteiger partial charge in [-0.15, -0.1) is 11.3 Å². The lowest BCUT2D eigenvalue weighted by molar-refractivity contribution is 0.0951. The number of amides is 1. The Bertz CT molecular complexity index is 619. The molecule has 1 heterocycles. The summed E-state index contributed by atoms with van der Waals surface area (Å²) in [7, 11) is 0. The summed E-state index contributed by atoms with van der Waals surface area (Å²) in [5.41, 5.74) is 2.68. The Hall–Kier alpha value is -1.88.